The van der Waals surface area contributed by atoms with Gasteiger partial charge in [-0.3, -0.25) is 14.5 Å². The summed E-state index contributed by atoms with van der Waals surface area (Å²) in [5.74, 6) is -0.354. The average molecular weight is 406 g/mol. The third-order valence-corrected chi connectivity index (χ3v) is 5.56. The van der Waals surface area contributed by atoms with E-state index in [2.05, 4.69) is 22.3 Å². The molecule has 5 heteroatoms. The number of carbonyl (C=O) groups excluding carboxylic acids is 2. The normalized spacial score (nSPS) is 17.5. The molecule has 1 heterocycles. The molecule has 30 heavy (non-hydrogen) atoms. The largest absolute Gasteiger partial charge is 0.369 e. The van der Waals surface area contributed by atoms with E-state index in [1.165, 1.54) is 5.56 Å². The van der Waals surface area contributed by atoms with Gasteiger partial charge in [-0.1, -0.05) is 48.0 Å². The fraction of sp³-hybridized carbons (Fsp3) is 0.360. The molecular weight excluding hydrogens is 374 g/mol. The molecular formula is C25H31N3O2. The molecule has 158 valence electrons. The van der Waals surface area contributed by atoms with Crippen molar-refractivity contribution in [3.05, 3.63) is 77.4 Å². The number of nitrogens with two attached hydrogens (primary N) is 1. The first-order chi connectivity index (χ1) is 14.5. The smallest absolute Gasteiger partial charge is 0.248 e. The van der Waals surface area contributed by atoms with Crippen molar-refractivity contribution in [3.8, 4) is 0 Å². The van der Waals surface area contributed by atoms with E-state index in [1.54, 1.807) is 6.08 Å². The van der Waals surface area contributed by atoms with E-state index in [0.717, 1.165) is 62.1 Å². The predicted octanol–water partition coefficient (Wildman–Crippen LogP) is 3.90. The quantitative estimate of drug-likeness (QED) is 0.654. The van der Waals surface area contributed by atoms with E-state index >= 15 is 0 Å². The van der Waals surface area contributed by atoms with Gasteiger partial charge in [0.2, 0.25) is 11.8 Å². The fourth-order valence-corrected chi connectivity index (χ4v) is 3.84. The molecule has 1 fully saturated rings. The summed E-state index contributed by atoms with van der Waals surface area (Å²) in [6, 6.07) is 18.2. The summed E-state index contributed by atoms with van der Waals surface area (Å²) < 4.78 is 0. The molecule has 1 aliphatic heterocycles. The average Bonchev–Trinajstić information content (AvgIpc) is 2.74. The standard InChI is InChI=1S/C25H31N3O2/c1-19(9-10-20-6-3-2-4-7-20)16-24(29)27-23-13-11-21(12-14-23)17-28-15-5-8-22(18-28)25(26)30/h2-4,6-7,11-14,16,22H,5,8-10,15,17-18H2,1H3,(H2,26,30)(H,27,29). The number of aryl methyl sites for hydroxylation is 1. The zero-order valence-corrected chi connectivity index (χ0v) is 17.6. The van der Waals surface area contributed by atoms with E-state index in [1.807, 2.05) is 49.4 Å². The Bertz CT molecular complexity index is 875. The number of carbonyl (C=O) groups is 2. The fourth-order valence-electron chi connectivity index (χ4n) is 3.84. The van der Waals surface area contributed by atoms with Crippen LogP contribution in [0.25, 0.3) is 0 Å². The van der Waals surface area contributed by atoms with Crippen molar-refractivity contribution in [2.24, 2.45) is 11.7 Å². The molecule has 5 nitrogen and oxygen atoms in total. The van der Waals surface area contributed by atoms with Crippen molar-refractivity contribution in [3.63, 3.8) is 0 Å². The van der Waals surface area contributed by atoms with Crippen molar-refractivity contribution in [1.82, 2.24) is 4.90 Å². The van der Waals surface area contributed by atoms with Crippen molar-refractivity contribution in [2.75, 3.05) is 18.4 Å². The van der Waals surface area contributed by atoms with E-state index in [4.69, 9.17) is 5.73 Å². The van der Waals surface area contributed by atoms with Gasteiger partial charge in [-0.15, -0.1) is 0 Å². The third kappa shape index (κ3) is 6.85. The number of hydrogen-bond acceptors (Lipinski definition) is 3. The van der Waals surface area contributed by atoms with Crippen LogP contribution in [0, 0.1) is 5.92 Å². The highest BCUT2D eigenvalue weighted by Crippen LogP contribution is 2.19. The van der Waals surface area contributed by atoms with Gasteiger partial charge in [-0.2, -0.15) is 0 Å². The molecule has 1 aliphatic rings. The second-order valence-corrected chi connectivity index (χ2v) is 8.14. The van der Waals surface area contributed by atoms with Gasteiger partial charge in [0.15, 0.2) is 0 Å². The number of anilines is 1. The van der Waals surface area contributed by atoms with E-state index < -0.39 is 0 Å². The lowest BCUT2D eigenvalue weighted by atomic mass is 9.97. The van der Waals surface area contributed by atoms with Gasteiger partial charge in [-0.25, -0.2) is 0 Å². The van der Waals surface area contributed by atoms with Crippen molar-refractivity contribution in [2.45, 2.75) is 39.2 Å². The maximum atomic E-state index is 12.3. The zero-order chi connectivity index (χ0) is 21.3. The Hall–Kier alpha value is -2.92. The number of piperidine rings is 1. The van der Waals surface area contributed by atoms with Crippen molar-refractivity contribution >= 4 is 17.5 Å². The Morgan fingerprint density at radius 3 is 2.53 bits per heavy atom. The maximum Gasteiger partial charge on any atom is 0.248 e. The molecule has 1 atom stereocenters. The van der Waals surface area contributed by atoms with Crippen LogP contribution >= 0.6 is 0 Å². The van der Waals surface area contributed by atoms with Crippen LogP contribution in [0.4, 0.5) is 5.69 Å². The molecule has 0 radical (unpaired) electrons. The number of rotatable bonds is 8. The van der Waals surface area contributed by atoms with Gasteiger partial charge in [0.1, 0.15) is 0 Å². The lowest BCUT2D eigenvalue weighted by molar-refractivity contribution is -0.123. The minimum Gasteiger partial charge on any atom is -0.369 e. The summed E-state index contributed by atoms with van der Waals surface area (Å²) in [7, 11) is 0. The van der Waals surface area contributed by atoms with Crippen LogP contribution < -0.4 is 11.1 Å². The molecule has 0 bridgehead atoms. The highest BCUT2D eigenvalue weighted by Gasteiger charge is 2.23. The van der Waals surface area contributed by atoms with Gasteiger partial charge in [0, 0.05) is 24.9 Å². The van der Waals surface area contributed by atoms with Crippen LogP contribution in [0.3, 0.4) is 0 Å². The Kier molecular flexibility index (Phi) is 7.80. The minimum atomic E-state index is -0.204. The number of amides is 2. The van der Waals surface area contributed by atoms with Gasteiger partial charge >= 0.3 is 0 Å². The van der Waals surface area contributed by atoms with Gasteiger partial charge in [0.25, 0.3) is 0 Å². The summed E-state index contributed by atoms with van der Waals surface area (Å²) in [6.07, 6.45) is 5.35. The Labute approximate surface area is 179 Å². The number of primary amides is 1. The topological polar surface area (TPSA) is 75.4 Å². The monoisotopic (exact) mass is 405 g/mol. The van der Waals surface area contributed by atoms with Crippen LogP contribution in [0.1, 0.15) is 37.3 Å². The molecule has 0 spiro atoms. The predicted molar refractivity (Wildman–Crippen MR) is 121 cm³/mol. The highest BCUT2D eigenvalue weighted by atomic mass is 16.1. The molecule has 3 rings (SSSR count). The Morgan fingerprint density at radius 1 is 1.10 bits per heavy atom. The van der Waals surface area contributed by atoms with Gasteiger partial charge in [0.05, 0.1) is 5.92 Å². The van der Waals surface area contributed by atoms with Gasteiger partial charge < -0.3 is 11.1 Å². The number of benzene rings is 2. The molecule has 2 aromatic rings. The highest BCUT2D eigenvalue weighted by molar-refractivity contribution is 5.99. The molecule has 2 aromatic carbocycles. The summed E-state index contributed by atoms with van der Waals surface area (Å²) in [6.45, 7) is 4.48. The first-order valence-corrected chi connectivity index (χ1v) is 10.6. The second kappa shape index (κ2) is 10.7. The zero-order valence-electron chi connectivity index (χ0n) is 17.6. The number of nitrogens with one attached hydrogen (secondary N) is 1. The Balaban J connectivity index is 1.47. The SMILES string of the molecule is CC(=CC(=O)Nc1ccc(CN2CCCC(C(N)=O)C2)cc1)CCc1ccccc1. The molecule has 0 aromatic heterocycles. The minimum absolute atomic E-state index is 0.0470. The molecule has 1 unspecified atom stereocenters. The van der Waals surface area contributed by atoms with Gasteiger partial charge in [-0.05, 0) is 62.4 Å². The van der Waals surface area contributed by atoms with Crippen LogP contribution in [0.5, 0.6) is 0 Å². The second-order valence-electron chi connectivity index (χ2n) is 8.14. The molecule has 0 saturated carbocycles. The molecule has 2 amide bonds. The summed E-state index contributed by atoms with van der Waals surface area (Å²) in [4.78, 5) is 26.0. The first kappa shape index (κ1) is 21.8. The van der Waals surface area contributed by atoms with E-state index in [-0.39, 0.29) is 17.7 Å². The van der Waals surface area contributed by atoms with Crippen LogP contribution in [0.2, 0.25) is 0 Å². The number of allylic oxidation sites excluding steroid dienone is 1. The third-order valence-electron chi connectivity index (χ3n) is 5.56. The molecule has 0 aliphatic carbocycles. The van der Waals surface area contributed by atoms with Crippen LogP contribution in [-0.4, -0.2) is 29.8 Å². The lowest BCUT2D eigenvalue weighted by Gasteiger charge is -2.31. The molecule has 1 saturated heterocycles. The van der Waals surface area contributed by atoms with Crippen molar-refractivity contribution in [1.29, 1.82) is 0 Å². The van der Waals surface area contributed by atoms with E-state index in [9.17, 15) is 9.59 Å². The van der Waals surface area contributed by atoms with Crippen LogP contribution in [-0.2, 0) is 22.6 Å². The van der Waals surface area contributed by atoms with E-state index in [0.29, 0.717) is 0 Å². The number of nitrogens with zero attached hydrogens (tertiary/aromatic N) is 1. The molecule has 3 N–H and O–H groups in total. The first-order valence-electron chi connectivity index (χ1n) is 10.6. The summed E-state index contributed by atoms with van der Waals surface area (Å²) in [5, 5.41) is 2.93. The number of likely N-dealkylation sites (tertiary alicyclic amines) is 1. The lowest BCUT2D eigenvalue weighted by Crippen LogP contribution is -2.40. The summed E-state index contributed by atoms with van der Waals surface area (Å²) in [5.41, 5.74) is 9.74. The Morgan fingerprint density at radius 2 is 1.83 bits per heavy atom. The van der Waals surface area contributed by atoms with Crippen LogP contribution in [0.15, 0.2) is 66.2 Å². The maximum absolute atomic E-state index is 12.3. The number of hydrogen-bond donors (Lipinski definition) is 2. The van der Waals surface area contributed by atoms with Crippen molar-refractivity contribution < 1.29 is 9.59 Å². The summed E-state index contributed by atoms with van der Waals surface area (Å²) >= 11 is 0.